The van der Waals surface area contributed by atoms with E-state index in [0.29, 0.717) is 24.3 Å². The van der Waals surface area contributed by atoms with Crippen LogP contribution in [-0.4, -0.2) is 99.9 Å². The number of hydrogen-bond acceptors (Lipinski definition) is 6. The Balaban J connectivity index is 1.51. The number of epoxide rings is 2. The van der Waals surface area contributed by atoms with Gasteiger partial charge in [0.2, 0.25) is 0 Å². The first-order valence-electron chi connectivity index (χ1n) is 10.4. The molecule has 6 nitrogen and oxygen atoms in total. The molecule has 0 amide bonds. The van der Waals surface area contributed by atoms with E-state index in [1.807, 2.05) is 0 Å². The normalized spacial score (nSPS) is 33.5. The molecule has 0 radical (unpaired) electrons. The van der Waals surface area contributed by atoms with Gasteiger partial charge in [0.05, 0.1) is 37.6 Å². The van der Waals surface area contributed by atoms with E-state index in [0.717, 1.165) is 39.4 Å². The Labute approximate surface area is 159 Å². The van der Waals surface area contributed by atoms with E-state index in [-0.39, 0.29) is 12.2 Å². The molecule has 4 unspecified atom stereocenters. The third kappa shape index (κ3) is 6.43. The number of rotatable bonds is 12. The second-order valence-electron chi connectivity index (χ2n) is 8.37. The summed E-state index contributed by atoms with van der Waals surface area (Å²) in [6, 6.07) is 1.32. The van der Waals surface area contributed by atoms with E-state index in [1.54, 1.807) is 14.2 Å². The Morgan fingerprint density at radius 1 is 0.769 bits per heavy atom. The molecule has 0 N–H and O–H groups in total. The van der Waals surface area contributed by atoms with Crippen molar-refractivity contribution in [3.8, 4) is 0 Å². The molecule has 3 rings (SSSR count). The fourth-order valence-corrected chi connectivity index (χ4v) is 4.21. The largest absolute Gasteiger partial charge is 0.380 e. The Kier molecular flexibility index (Phi) is 7.73. The molecular weight excluding hydrogens is 332 g/mol. The second-order valence-corrected chi connectivity index (χ2v) is 8.37. The van der Waals surface area contributed by atoms with Gasteiger partial charge in [-0.15, -0.1) is 0 Å². The third-order valence-electron chi connectivity index (χ3n) is 6.17. The lowest BCUT2D eigenvalue weighted by molar-refractivity contribution is 0.00562. The van der Waals surface area contributed by atoms with Crippen molar-refractivity contribution in [3.05, 3.63) is 0 Å². The summed E-state index contributed by atoms with van der Waals surface area (Å²) in [7, 11) is 3.61. The van der Waals surface area contributed by atoms with E-state index in [9.17, 15) is 0 Å². The van der Waals surface area contributed by atoms with Crippen LogP contribution in [0, 0.1) is 0 Å². The Morgan fingerprint density at radius 2 is 1.15 bits per heavy atom. The van der Waals surface area contributed by atoms with E-state index < -0.39 is 0 Å². The lowest BCUT2D eigenvalue weighted by Gasteiger charge is -2.42. The summed E-state index contributed by atoms with van der Waals surface area (Å²) < 4.78 is 22.0. The zero-order chi connectivity index (χ0) is 18.5. The lowest BCUT2D eigenvalue weighted by Crippen LogP contribution is -2.49. The van der Waals surface area contributed by atoms with Gasteiger partial charge in [-0.05, 0) is 39.5 Å². The van der Waals surface area contributed by atoms with Crippen molar-refractivity contribution in [3.63, 3.8) is 0 Å². The van der Waals surface area contributed by atoms with Gasteiger partial charge in [-0.25, -0.2) is 0 Å². The molecule has 2 saturated heterocycles. The van der Waals surface area contributed by atoms with Crippen molar-refractivity contribution in [2.45, 2.75) is 76.0 Å². The first-order valence-corrected chi connectivity index (χ1v) is 10.4. The molecule has 2 aliphatic heterocycles. The van der Waals surface area contributed by atoms with Gasteiger partial charge in [0.1, 0.15) is 0 Å². The zero-order valence-corrected chi connectivity index (χ0v) is 17.1. The second kappa shape index (κ2) is 9.80. The van der Waals surface area contributed by atoms with Gasteiger partial charge >= 0.3 is 0 Å². The van der Waals surface area contributed by atoms with Crippen LogP contribution >= 0.6 is 0 Å². The highest BCUT2D eigenvalue weighted by atomic mass is 16.6. The van der Waals surface area contributed by atoms with Crippen molar-refractivity contribution >= 4 is 0 Å². The summed E-state index contributed by atoms with van der Waals surface area (Å²) >= 11 is 0. The van der Waals surface area contributed by atoms with Crippen LogP contribution in [0.2, 0.25) is 0 Å². The molecule has 0 aromatic rings. The summed E-state index contributed by atoms with van der Waals surface area (Å²) in [4.78, 5) is 5.24. The summed E-state index contributed by atoms with van der Waals surface area (Å²) in [5.74, 6) is 0. The maximum Gasteiger partial charge on any atom is 0.0936 e. The molecule has 2 heterocycles. The highest BCUT2D eigenvalue weighted by molar-refractivity contribution is 4.90. The highest BCUT2D eigenvalue weighted by Crippen LogP contribution is 2.29. The first kappa shape index (κ1) is 20.5. The molecule has 0 aromatic carbocycles. The summed E-state index contributed by atoms with van der Waals surface area (Å²) in [5, 5.41) is 0. The fraction of sp³-hybridized carbons (Fsp3) is 1.00. The topological polar surface area (TPSA) is 50.0 Å². The third-order valence-corrected chi connectivity index (χ3v) is 6.17. The highest BCUT2D eigenvalue weighted by Gasteiger charge is 2.36. The van der Waals surface area contributed by atoms with Crippen LogP contribution in [-0.2, 0) is 18.9 Å². The zero-order valence-electron chi connectivity index (χ0n) is 17.1. The predicted octanol–water partition coefficient (Wildman–Crippen LogP) is 1.77. The lowest BCUT2D eigenvalue weighted by atomic mass is 9.88. The molecule has 0 aromatic heterocycles. The van der Waals surface area contributed by atoms with Gasteiger partial charge in [0.15, 0.2) is 0 Å². The van der Waals surface area contributed by atoms with Crippen LogP contribution < -0.4 is 0 Å². The Hall–Kier alpha value is -0.240. The quantitative estimate of drug-likeness (QED) is 0.488. The van der Waals surface area contributed by atoms with Crippen molar-refractivity contribution in [2.75, 3.05) is 53.6 Å². The molecule has 0 spiro atoms. The maximum atomic E-state index is 5.53. The smallest absolute Gasteiger partial charge is 0.0936 e. The number of hydrogen-bond donors (Lipinski definition) is 0. The van der Waals surface area contributed by atoms with Gasteiger partial charge in [0.25, 0.3) is 0 Å². The van der Waals surface area contributed by atoms with Crippen molar-refractivity contribution in [1.82, 2.24) is 9.80 Å². The molecule has 26 heavy (non-hydrogen) atoms. The van der Waals surface area contributed by atoms with Crippen LogP contribution in [0.5, 0.6) is 0 Å². The Morgan fingerprint density at radius 3 is 1.50 bits per heavy atom. The van der Waals surface area contributed by atoms with Crippen molar-refractivity contribution < 1.29 is 18.9 Å². The fourth-order valence-electron chi connectivity index (χ4n) is 4.21. The summed E-state index contributed by atoms with van der Waals surface area (Å²) in [6.07, 6.45) is 6.49. The minimum Gasteiger partial charge on any atom is -0.380 e. The van der Waals surface area contributed by atoms with Gasteiger partial charge in [0, 0.05) is 52.5 Å². The van der Waals surface area contributed by atoms with Gasteiger partial charge in [-0.1, -0.05) is 0 Å². The first-order chi connectivity index (χ1) is 12.6. The van der Waals surface area contributed by atoms with Gasteiger partial charge in [-0.3, -0.25) is 9.80 Å². The molecule has 4 atom stereocenters. The average Bonchev–Trinajstić information content (AvgIpc) is 3.57. The summed E-state index contributed by atoms with van der Waals surface area (Å²) in [6.45, 7) is 10.3. The minimum atomic E-state index is 0.257. The molecule has 1 aliphatic carbocycles. The van der Waals surface area contributed by atoms with E-state index >= 15 is 0 Å². The molecule has 3 fully saturated rings. The van der Waals surface area contributed by atoms with Gasteiger partial charge < -0.3 is 18.9 Å². The Bertz CT molecular complexity index is 383. The molecular formula is C20H38N2O4. The van der Waals surface area contributed by atoms with Crippen LogP contribution in [0.15, 0.2) is 0 Å². The maximum absolute atomic E-state index is 5.53. The number of methoxy groups -OCH3 is 2. The SMILES string of the molecule is COC(C)CN(CC(C)OC)C1CCC(N(CC2CO2)CC2CO2)CC1. The number of nitrogens with zero attached hydrogens (tertiary/aromatic N) is 2. The van der Waals surface area contributed by atoms with Crippen LogP contribution in [0.3, 0.4) is 0 Å². The van der Waals surface area contributed by atoms with Crippen molar-refractivity contribution in [2.24, 2.45) is 0 Å². The van der Waals surface area contributed by atoms with Crippen molar-refractivity contribution in [1.29, 1.82) is 0 Å². The molecule has 1 saturated carbocycles. The van der Waals surface area contributed by atoms with Crippen LogP contribution in [0.4, 0.5) is 0 Å². The van der Waals surface area contributed by atoms with E-state index in [1.165, 1.54) is 25.7 Å². The van der Waals surface area contributed by atoms with Gasteiger partial charge in [-0.2, -0.15) is 0 Å². The minimum absolute atomic E-state index is 0.257. The van der Waals surface area contributed by atoms with Crippen LogP contribution in [0.25, 0.3) is 0 Å². The van der Waals surface area contributed by atoms with E-state index in [4.69, 9.17) is 18.9 Å². The van der Waals surface area contributed by atoms with E-state index in [2.05, 4.69) is 23.6 Å². The molecule has 152 valence electrons. The predicted molar refractivity (Wildman–Crippen MR) is 102 cm³/mol. The standard InChI is InChI=1S/C20H38N2O4/c1-15(23-3)9-21(10-16(2)24-4)17-5-7-18(8-6-17)22(11-19-13-25-19)12-20-14-26-20/h15-20H,5-14H2,1-4H3. The summed E-state index contributed by atoms with van der Waals surface area (Å²) in [5.41, 5.74) is 0. The van der Waals surface area contributed by atoms with Crippen LogP contribution in [0.1, 0.15) is 39.5 Å². The molecule has 0 bridgehead atoms. The monoisotopic (exact) mass is 370 g/mol. The molecule has 3 aliphatic rings. The average molecular weight is 371 g/mol. The molecule has 6 heteroatoms. The number of ether oxygens (including phenoxy) is 4.